The Bertz CT molecular complexity index is 462. The minimum atomic E-state index is -1.16. The smallest absolute Gasteiger partial charge is 0.307 e. The maximum absolute atomic E-state index is 13.5. The first-order chi connectivity index (χ1) is 8.58. The van der Waals surface area contributed by atoms with Gasteiger partial charge in [0.05, 0.1) is 10.6 Å². The molecule has 1 aliphatic heterocycles. The van der Waals surface area contributed by atoms with Crippen LogP contribution in [0.4, 0.5) is 20.2 Å². The number of hydrogen-bond acceptors (Lipinski definition) is 4. The predicted octanol–water partition coefficient (Wildman–Crippen LogP) is 2.04. The lowest BCUT2D eigenvalue weighted by Gasteiger charge is -2.24. The average molecular weight is 257 g/mol. The van der Waals surface area contributed by atoms with Gasteiger partial charge >= 0.3 is 5.69 Å². The Hall–Kier alpha value is -1.76. The molecule has 0 aliphatic carbocycles. The number of nitro benzene ring substituents is 1. The normalized spacial score (nSPS) is 19.6. The van der Waals surface area contributed by atoms with Crippen LogP contribution in [-0.4, -0.2) is 24.1 Å². The van der Waals surface area contributed by atoms with Crippen molar-refractivity contribution in [1.82, 2.24) is 5.32 Å². The van der Waals surface area contributed by atoms with Gasteiger partial charge in [-0.05, 0) is 19.4 Å². The van der Waals surface area contributed by atoms with Crippen molar-refractivity contribution >= 4 is 11.4 Å². The van der Waals surface area contributed by atoms with Crippen LogP contribution >= 0.6 is 0 Å². The standard InChI is InChI=1S/C11H13F2N3O2/c12-8-4-9(13)11(16(17)18)5-10(8)15-7-2-1-3-14-6-7/h4-5,7,14-15H,1-3,6H2. The fourth-order valence-electron chi connectivity index (χ4n) is 1.98. The van der Waals surface area contributed by atoms with E-state index in [2.05, 4.69) is 10.6 Å². The van der Waals surface area contributed by atoms with Crippen LogP contribution in [0.1, 0.15) is 12.8 Å². The SMILES string of the molecule is O=[N+]([O-])c1cc(NC2CCCNC2)c(F)cc1F. The van der Waals surface area contributed by atoms with E-state index in [4.69, 9.17) is 0 Å². The Balaban J connectivity index is 2.21. The molecule has 7 heteroatoms. The zero-order valence-corrected chi connectivity index (χ0v) is 9.58. The highest BCUT2D eigenvalue weighted by atomic mass is 19.1. The Morgan fingerprint density at radius 3 is 2.78 bits per heavy atom. The number of halogens is 2. The van der Waals surface area contributed by atoms with E-state index < -0.39 is 22.2 Å². The molecule has 2 rings (SSSR count). The second-order valence-electron chi connectivity index (χ2n) is 4.23. The van der Waals surface area contributed by atoms with Gasteiger partial charge in [0.25, 0.3) is 0 Å². The highest BCUT2D eigenvalue weighted by Crippen LogP contribution is 2.26. The van der Waals surface area contributed by atoms with Gasteiger partial charge in [-0.1, -0.05) is 0 Å². The number of piperidine rings is 1. The molecule has 1 aromatic carbocycles. The van der Waals surface area contributed by atoms with Gasteiger partial charge < -0.3 is 10.6 Å². The minimum absolute atomic E-state index is 0.00156. The quantitative estimate of drug-likeness (QED) is 0.642. The van der Waals surface area contributed by atoms with Crippen molar-refractivity contribution in [2.45, 2.75) is 18.9 Å². The highest BCUT2D eigenvalue weighted by Gasteiger charge is 2.21. The number of benzene rings is 1. The number of nitrogens with one attached hydrogen (secondary N) is 2. The fraction of sp³-hybridized carbons (Fsp3) is 0.455. The van der Waals surface area contributed by atoms with Gasteiger partial charge in [-0.25, -0.2) is 4.39 Å². The maximum atomic E-state index is 13.5. The average Bonchev–Trinajstić information content (AvgIpc) is 2.33. The molecule has 5 nitrogen and oxygen atoms in total. The van der Waals surface area contributed by atoms with Crippen LogP contribution in [-0.2, 0) is 0 Å². The third-order valence-electron chi connectivity index (χ3n) is 2.89. The molecule has 0 spiro atoms. The largest absolute Gasteiger partial charge is 0.378 e. The summed E-state index contributed by atoms with van der Waals surface area (Å²) in [7, 11) is 0. The molecule has 0 radical (unpaired) electrons. The molecule has 1 heterocycles. The summed E-state index contributed by atoms with van der Waals surface area (Å²) >= 11 is 0. The van der Waals surface area contributed by atoms with Crippen molar-refractivity contribution in [2.75, 3.05) is 18.4 Å². The van der Waals surface area contributed by atoms with Gasteiger partial charge in [-0.15, -0.1) is 0 Å². The molecule has 1 fully saturated rings. The fourth-order valence-corrected chi connectivity index (χ4v) is 1.98. The molecule has 1 atom stereocenters. The van der Waals surface area contributed by atoms with Crippen LogP contribution in [0.25, 0.3) is 0 Å². The summed E-state index contributed by atoms with van der Waals surface area (Å²) in [6.07, 6.45) is 1.79. The second kappa shape index (κ2) is 5.26. The van der Waals surface area contributed by atoms with Gasteiger partial charge in [-0.2, -0.15) is 4.39 Å². The molecule has 1 aromatic rings. The van der Waals surface area contributed by atoms with Gasteiger partial charge in [-0.3, -0.25) is 10.1 Å². The lowest BCUT2D eigenvalue weighted by atomic mass is 10.1. The summed E-state index contributed by atoms with van der Waals surface area (Å²) in [5.74, 6) is -1.98. The molecule has 98 valence electrons. The molecule has 0 saturated carbocycles. The second-order valence-corrected chi connectivity index (χ2v) is 4.23. The van der Waals surface area contributed by atoms with Crippen molar-refractivity contribution in [3.8, 4) is 0 Å². The number of nitrogens with zero attached hydrogens (tertiary/aromatic N) is 1. The van der Waals surface area contributed by atoms with Crippen LogP contribution in [0.15, 0.2) is 12.1 Å². The summed E-state index contributed by atoms with van der Waals surface area (Å²) in [5, 5.41) is 16.6. The molecule has 2 N–H and O–H groups in total. The molecule has 1 aliphatic rings. The number of anilines is 1. The number of rotatable bonds is 3. The topological polar surface area (TPSA) is 67.2 Å². The Morgan fingerprint density at radius 1 is 1.39 bits per heavy atom. The first-order valence-electron chi connectivity index (χ1n) is 5.68. The Morgan fingerprint density at radius 2 is 2.17 bits per heavy atom. The van der Waals surface area contributed by atoms with Crippen LogP contribution in [0.2, 0.25) is 0 Å². The zero-order valence-electron chi connectivity index (χ0n) is 9.58. The highest BCUT2D eigenvalue weighted by molar-refractivity contribution is 5.53. The van der Waals surface area contributed by atoms with E-state index in [1.165, 1.54) is 0 Å². The first-order valence-corrected chi connectivity index (χ1v) is 5.68. The summed E-state index contributed by atoms with van der Waals surface area (Å²) in [4.78, 5) is 9.72. The molecule has 1 saturated heterocycles. The van der Waals surface area contributed by atoms with Crippen LogP contribution in [0.3, 0.4) is 0 Å². The van der Waals surface area contributed by atoms with Gasteiger partial charge in [0, 0.05) is 24.7 Å². The van der Waals surface area contributed by atoms with Gasteiger partial charge in [0.15, 0.2) is 0 Å². The molecule has 1 unspecified atom stereocenters. The van der Waals surface area contributed by atoms with E-state index in [0.29, 0.717) is 12.6 Å². The third kappa shape index (κ3) is 2.73. The summed E-state index contributed by atoms with van der Waals surface area (Å²) < 4.78 is 26.6. The van der Waals surface area contributed by atoms with Crippen LogP contribution < -0.4 is 10.6 Å². The van der Waals surface area contributed by atoms with E-state index in [9.17, 15) is 18.9 Å². The van der Waals surface area contributed by atoms with Crippen molar-refractivity contribution < 1.29 is 13.7 Å². The molecular formula is C11H13F2N3O2. The molecule has 18 heavy (non-hydrogen) atoms. The van der Waals surface area contributed by atoms with E-state index in [0.717, 1.165) is 25.5 Å². The summed E-state index contributed by atoms with van der Waals surface area (Å²) in [6.45, 7) is 1.56. The molecular weight excluding hydrogens is 244 g/mol. The van der Waals surface area contributed by atoms with E-state index in [1.54, 1.807) is 0 Å². The first kappa shape index (κ1) is 12.7. The Kier molecular flexibility index (Phi) is 3.71. The van der Waals surface area contributed by atoms with E-state index in [-0.39, 0.29) is 11.7 Å². The number of hydrogen-bond donors (Lipinski definition) is 2. The van der Waals surface area contributed by atoms with Crippen molar-refractivity contribution in [2.24, 2.45) is 0 Å². The summed E-state index contributed by atoms with van der Waals surface area (Å²) in [6, 6.07) is 1.44. The van der Waals surface area contributed by atoms with E-state index >= 15 is 0 Å². The third-order valence-corrected chi connectivity index (χ3v) is 2.89. The van der Waals surface area contributed by atoms with Crippen molar-refractivity contribution in [1.29, 1.82) is 0 Å². The van der Waals surface area contributed by atoms with Crippen LogP contribution in [0.5, 0.6) is 0 Å². The van der Waals surface area contributed by atoms with E-state index in [1.807, 2.05) is 0 Å². The maximum Gasteiger partial charge on any atom is 0.307 e. The monoisotopic (exact) mass is 257 g/mol. The number of nitro groups is 1. The molecule has 0 amide bonds. The minimum Gasteiger partial charge on any atom is -0.378 e. The zero-order chi connectivity index (χ0) is 13.1. The molecule has 0 bridgehead atoms. The summed E-state index contributed by atoms with van der Waals surface area (Å²) in [5.41, 5.74) is -0.750. The van der Waals surface area contributed by atoms with Crippen molar-refractivity contribution in [3.63, 3.8) is 0 Å². The van der Waals surface area contributed by atoms with Gasteiger partial charge in [0.1, 0.15) is 5.82 Å². The lowest BCUT2D eigenvalue weighted by molar-refractivity contribution is -0.387. The molecule has 0 aromatic heterocycles. The van der Waals surface area contributed by atoms with Crippen molar-refractivity contribution in [3.05, 3.63) is 33.9 Å². The Labute approximate surface area is 102 Å². The van der Waals surface area contributed by atoms with Gasteiger partial charge in [0.2, 0.25) is 5.82 Å². The lowest BCUT2D eigenvalue weighted by Crippen LogP contribution is -2.38. The predicted molar refractivity (Wildman–Crippen MR) is 62.5 cm³/mol. The van der Waals surface area contributed by atoms with Crippen LogP contribution in [0, 0.1) is 21.7 Å².